The summed E-state index contributed by atoms with van der Waals surface area (Å²) in [6.07, 6.45) is 1.59. The lowest BCUT2D eigenvalue weighted by atomic mass is 10.2. The summed E-state index contributed by atoms with van der Waals surface area (Å²) < 4.78 is 30.5. The highest BCUT2D eigenvalue weighted by Crippen LogP contribution is 2.24. The topological polar surface area (TPSA) is 78.5 Å². The first-order chi connectivity index (χ1) is 17.9. The number of nitrogens with zero attached hydrogens (tertiary/aromatic N) is 6. The third kappa shape index (κ3) is 5.32. The maximum atomic E-state index is 12.7. The average Bonchev–Trinajstić information content (AvgIpc) is 3.53. The zero-order valence-corrected chi connectivity index (χ0v) is 22.0. The molecule has 0 bridgehead atoms. The number of hydrogen-bond donors (Lipinski definition) is 0. The quantitative estimate of drug-likeness (QED) is 0.195. The number of halogens is 4. The molecule has 7 nitrogen and oxygen atoms in total. The first-order valence-electron chi connectivity index (χ1n) is 10.9. The zero-order chi connectivity index (χ0) is 25.9. The Kier molecular flexibility index (Phi) is 7.15. The maximum absolute atomic E-state index is 12.7. The Bertz CT molecular complexity index is 1730. The lowest BCUT2D eigenvalue weighted by Gasteiger charge is -2.05. The van der Waals surface area contributed by atoms with Crippen molar-refractivity contribution >= 4 is 60.0 Å². The van der Waals surface area contributed by atoms with Gasteiger partial charge in [0.25, 0.3) is 6.43 Å². The molecule has 0 unspecified atom stereocenters. The van der Waals surface area contributed by atoms with Crippen LogP contribution in [0.1, 0.15) is 22.6 Å². The van der Waals surface area contributed by atoms with Gasteiger partial charge in [-0.2, -0.15) is 10.2 Å². The average molecular weight is 626 g/mol. The summed E-state index contributed by atoms with van der Waals surface area (Å²) in [6.45, 7) is 0. The van der Waals surface area contributed by atoms with Crippen LogP contribution in [0, 0.1) is 0 Å². The monoisotopic (exact) mass is 624 g/mol. The zero-order valence-electron chi connectivity index (χ0n) is 18.8. The van der Waals surface area contributed by atoms with E-state index in [-0.39, 0.29) is 5.69 Å². The molecule has 0 fully saturated rings. The first kappa shape index (κ1) is 24.8. The molecule has 6 rings (SSSR count). The first-order valence-corrected chi connectivity index (χ1v) is 12.5. The van der Waals surface area contributed by atoms with Gasteiger partial charge in [-0.05, 0) is 48.5 Å². The molecule has 0 saturated carbocycles. The number of pyridine rings is 2. The van der Waals surface area contributed by atoms with Crippen LogP contribution in [0.4, 0.5) is 8.78 Å². The molecule has 0 aliphatic carbocycles. The van der Waals surface area contributed by atoms with Crippen LogP contribution in [0.2, 0.25) is 0 Å². The van der Waals surface area contributed by atoms with E-state index in [2.05, 4.69) is 52.0 Å². The van der Waals surface area contributed by atoms with Crippen LogP contribution < -0.4 is 0 Å². The highest BCUT2D eigenvalue weighted by Gasteiger charge is 2.12. The Balaban J connectivity index is 0.000000152. The Morgan fingerprint density at radius 2 is 1.27 bits per heavy atom. The highest BCUT2D eigenvalue weighted by atomic mass is 79.9. The number of alkyl halides is 2. The second-order valence-corrected chi connectivity index (χ2v) is 9.61. The summed E-state index contributed by atoms with van der Waals surface area (Å²) in [6, 6.07) is 21.4. The molecule has 11 heteroatoms. The minimum Gasteiger partial charge on any atom is -0.296 e. The summed E-state index contributed by atoms with van der Waals surface area (Å²) in [7, 11) is 0. The van der Waals surface area contributed by atoms with Crippen molar-refractivity contribution in [3.8, 4) is 11.6 Å². The normalized spacial score (nSPS) is 11.1. The van der Waals surface area contributed by atoms with Crippen molar-refractivity contribution in [3.63, 3.8) is 0 Å². The SMILES string of the molecule is FC(F)c1cccc(-n2ncc3ccc(Br)cc32)n1.O=Cc1cccc(-n2ncc3ccc(Br)cc32)n1. The van der Waals surface area contributed by atoms with Crippen molar-refractivity contribution in [1.29, 1.82) is 0 Å². The van der Waals surface area contributed by atoms with E-state index in [9.17, 15) is 13.6 Å². The highest BCUT2D eigenvalue weighted by molar-refractivity contribution is 9.10. The molecule has 6 aromatic rings. The Morgan fingerprint density at radius 1 is 0.730 bits per heavy atom. The van der Waals surface area contributed by atoms with Gasteiger partial charge in [-0.25, -0.2) is 28.1 Å². The number of rotatable bonds is 4. The third-order valence-corrected chi connectivity index (χ3v) is 6.34. The molecule has 0 atom stereocenters. The van der Waals surface area contributed by atoms with Crippen LogP contribution in [0.3, 0.4) is 0 Å². The second kappa shape index (κ2) is 10.7. The van der Waals surface area contributed by atoms with E-state index in [1.165, 1.54) is 6.07 Å². The van der Waals surface area contributed by atoms with E-state index in [4.69, 9.17) is 0 Å². The predicted octanol–water partition coefficient (Wildman–Crippen LogP) is 7.12. The van der Waals surface area contributed by atoms with E-state index < -0.39 is 6.43 Å². The molecule has 4 aromatic heterocycles. The molecule has 0 aliphatic rings. The second-order valence-electron chi connectivity index (χ2n) is 7.78. The largest absolute Gasteiger partial charge is 0.296 e. The number of fused-ring (bicyclic) bond motifs is 2. The standard InChI is InChI=1S/C13H8BrF2N3.C13H8BrN3O/c14-9-5-4-8-7-17-19(11(8)6-9)12-3-1-2-10(18-12)13(15)16;14-10-5-4-9-7-15-17(12(9)6-10)13-3-1-2-11(8-18)16-13/h1-7,13H;1-8H. The van der Waals surface area contributed by atoms with Crippen molar-refractivity contribution in [3.05, 3.63) is 106 Å². The molecule has 2 aromatic carbocycles. The van der Waals surface area contributed by atoms with Gasteiger partial charge in [-0.3, -0.25) is 4.79 Å². The fourth-order valence-corrected chi connectivity index (χ4v) is 4.35. The number of benzene rings is 2. The Hall–Kier alpha value is -3.83. The number of carbonyl (C=O) groups is 1. The van der Waals surface area contributed by atoms with Crippen LogP contribution in [-0.4, -0.2) is 35.8 Å². The van der Waals surface area contributed by atoms with Gasteiger partial charge in [0, 0.05) is 19.7 Å². The summed E-state index contributed by atoms with van der Waals surface area (Å²) >= 11 is 6.81. The van der Waals surface area contributed by atoms with E-state index in [0.29, 0.717) is 17.3 Å². The molecule has 184 valence electrons. The molecular weight excluding hydrogens is 610 g/mol. The fourth-order valence-electron chi connectivity index (χ4n) is 3.65. The van der Waals surface area contributed by atoms with E-state index in [1.54, 1.807) is 46.0 Å². The summed E-state index contributed by atoms with van der Waals surface area (Å²) in [5.74, 6) is 1.01. The van der Waals surface area contributed by atoms with Gasteiger partial charge in [-0.15, -0.1) is 0 Å². The lowest BCUT2D eigenvalue weighted by molar-refractivity contribution is 0.111. The van der Waals surface area contributed by atoms with Gasteiger partial charge in [0.1, 0.15) is 11.4 Å². The van der Waals surface area contributed by atoms with Gasteiger partial charge in [0.15, 0.2) is 17.9 Å². The van der Waals surface area contributed by atoms with Gasteiger partial charge in [0.2, 0.25) is 0 Å². The number of carbonyl (C=O) groups excluding carboxylic acids is 1. The smallest absolute Gasteiger partial charge is 0.280 e. The van der Waals surface area contributed by atoms with Crippen LogP contribution in [0.25, 0.3) is 33.4 Å². The molecule has 0 N–H and O–H groups in total. The van der Waals surface area contributed by atoms with Crippen molar-refractivity contribution in [2.75, 3.05) is 0 Å². The van der Waals surface area contributed by atoms with E-state index in [1.807, 2.05) is 42.5 Å². The molecule has 0 radical (unpaired) electrons. The number of aldehydes is 1. The van der Waals surface area contributed by atoms with Crippen molar-refractivity contribution in [2.45, 2.75) is 6.43 Å². The van der Waals surface area contributed by atoms with Crippen LogP contribution in [-0.2, 0) is 0 Å². The van der Waals surface area contributed by atoms with Crippen LogP contribution in [0.15, 0.2) is 94.1 Å². The van der Waals surface area contributed by atoms with Crippen LogP contribution in [0.5, 0.6) is 0 Å². The predicted molar refractivity (Wildman–Crippen MR) is 143 cm³/mol. The summed E-state index contributed by atoms with van der Waals surface area (Å²) in [5, 5.41) is 10.4. The minimum atomic E-state index is -2.59. The Labute approximate surface area is 226 Å². The van der Waals surface area contributed by atoms with E-state index in [0.717, 1.165) is 37.0 Å². The summed E-state index contributed by atoms with van der Waals surface area (Å²) in [4.78, 5) is 18.9. The van der Waals surface area contributed by atoms with Gasteiger partial charge in [0.05, 0.1) is 23.4 Å². The van der Waals surface area contributed by atoms with Crippen LogP contribution >= 0.6 is 31.9 Å². The van der Waals surface area contributed by atoms with Gasteiger partial charge >= 0.3 is 0 Å². The molecule has 0 saturated heterocycles. The van der Waals surface area contributed by atoms with Crippen molar-refractivity contribution < 1.29 is 13.6 Å². The van der Waals surface area contributed by atoms with Crippen molar-refractivity contribution in [1.82, 2.24) is 29.5 Å². The molecule has 0 amide bonds. The molecule has 0 aliphatic heterocycles. The molecular formula is C26H16Br2F2N6O. The minimum absolute atomic E-state index is 0.254. The Morgan fingerprint density at radius 3 is 1.81 bits per heavy atom. The molecule has 37 heavy (non-hydrogen) atoms. The molecule has 0 spiro atoms. The van der Waals surface area contributed by atoms with E-state index >= 15 is 0 Å². The number of aromatic nitrogens is 6. The lowest BCUT2D eigenvalue weighted by Crippen LogP contribution is -2.01. The van der Waals surface area contributed by atoms with Crippen molar-refractivity contribution in [2.24, 2.45) is 0 Å². The van der Waals surface area contributed by atoms with Gasteiger partial charge in [-0.1, -0.05) is 56.1 Å². The third-order valence-electron chi connectivity index (χ3n) is 5.36. The van der Waals surface area contributed by atoms with Gasteiger partial charge < -0.3 is 0 Å². The number of hydrogen-bond acceptors (Lipinski definition) is 5. The maximum Gasteiger partial charge on any atom is 0.280 e. The fraction of sp³-hybridized carbons (Fsp3) is 0.0385. The molecule has 4 heterocycles. The summed E-state index contributed by atoms with van der Waals surface area (Å²) in [5.41, 5.74) is 1.90.